The molecule has 0 aliphatic rings. The number of rotatable bonds is 24. The number of oxazole rings is 2. The van der Waals surface area contributed by atoms with Crippen LogP contribution in [0.2, 0.25) is 0 Å². The van der Waals surface area contributed by atoms with Gasteiger partial charge in [0.15, 0.2) is 23.2 Å². The molecule has 0 saturated heterocycles. The third-order valence-electron chi connectivity index (χ3n) is 11.3. The van der Waals surface area contributed by atoms with Crippen molar-refractivity contribution >= 4 is 5.84 Å². The summed E-state index contributed by atoms with van der Waals surface area (Å²) >= 11 is 0. The van der Waals surface area contributed by atoms with E-state index < -0.39 is 5.76 Å². The van der Waals surface area contributed by atoms with Gasteiger partial charge in [0.1, 0.15) is 47.6 Å². The quantitative estimate of drug-likeness (QED) is 0.0226. The molecule has 19 nitrogen and oxygen atoms in total. The summed E-state index contributed by atoms with van der Waals surface area (Å²) in [5.41, 5.74) is 12.2. The molecule has 0 saturated carbocycles. The second-order valence-electron chi connectivity index (χ2n) is 15.9. The number of benzene rings is 4. The summed E-state index contributed by atoms with van der Waals surface area (Å²) in [6.45, 7) is 14.1. The molecule has 0 unspecified atom stereocenters. The predicted octanol–water partition coefficient (Wildman–Crippen LogP) is 7.85. The summed E-state index contributed by atoms with van der Waals surface area (Å²) in [6, 6.07) is 26.0. The maximum Gasteiger partial charge on any atom is 0.439 e. The highest BCUT2D eigenvalue weighted by Crippen LogP contribution is 2.30. The van der Waals surface area contributed by atoms with Crippen LogP contribution in [-0.4, -0.2) is 109 Å². The molecule has 7 rings (SSSR count). The number of hydrogen-bond donors (Lipinski definition) is 3. The number of methoxy groups -OCH3 is 4. The number of nitrogens with one attached hydrogen (secondary N) is 1. The lowest BCUT2D eigenvalue weighted by Crippen LogP contribution is -2.27. The first-order valence-corrected chi connectivity index (χ1v) is 22.7. The lowest BCUT2D eigenvalue weighted by Gasteiger charge is -2.19. The Bertz CT molecular complexity index is 2800. The van der Waals surface area contributed by atoms with Crippen molar-refractivity contribution in [2.45, 2.75) is 54.0 Å². The number of nitrogens with two attached hydrogens (primary N) is 1. The molecule has 0 bridgehead atoms. The minimum atomic E-state index is -0.595. The van der Waals surface area contributed by atoms with Gasteiger partial charge in [0.05, 0.1) is 27.4 Å². The van der Waals surface area contributed by atoms with E-state index in [0.717, 1.165) is 76.9 Å². The highest BCUT2D eigenvalue weighted by Gasteiger charge is 2.21. The fourth-order valence-electron chi connectivity index (χ4n) is 7.22. The molecule has 0 radical (unpaired) electrons. The Balaban J connectivity index is 0.000000230. The highest BCUT2D eigenvalue weighted by atomic mass is 16.5. The molecule has 0 aliphatic carbocycles. The van der Waals surface area contributed by atoms with Crippen molar-refractivity contribution in [3.05, 3.63) is 135 Å². The van der Waals surface area contributed by atoms with Gasteiger partial charge < -0.3 is 48.2 Å². The van der Waals surface area contributed by atoms with Crippen LogP contribution in [0.15, 0.2) is 108 Å². The van der Waals surface area contributed by atoms with Crippen molar-refractivity contribution in [3.63, 3.8) is 0 Å². The van der Waals surface area contributed by atoms with Gasteiger partial charge >= 0.3 is 5.76 Å². The third kappa shape index (κ3) is 14.1. The molecule has 4 aromatic carbocycles. The van der Waals surface area contributed by atoms with Crippen molar-refractivity contribution in [1.82, 2.24) is 29.9 Å². The zero-order valence-electron chi connectivity index (χ0n) is 40.9. The number of ether oxygens (including phenoxy) is 6. The maximum atomic E-state index is 11.3. The van der Waals surface area contributed by atoms with E-state index in [1.165, 1.54) is 0 Å². The summed E-state index contributed by atoms with van der Waals surface area (Å²) < 4.78 is 50.0. The Morgan fingerprint density at radius 2 is 1.16 bits per heavy atom. The van der Waals surface area contributed by atoms with Crippen molar-refractivity contribution in [3.8, 4) is 57.3 Å². The molecule has 0 fully saturated rings. The zero-order valence-corrected chi connectivity index (χ0v) is 40.9. The largest absolute Gasteiger partial charge is 0.497 e. The summed E-state index contributed by atoms with van der Waals surface area (Å²) in [6.07, 6.45) is 0. The van der Waals surface area contributed by atoms with Gasteiger partial charge in [-0.25, -0.2) is 14.8 Å². The monoisotopic (exact) mass is 962 g/mol. The Hall–Kier alpha value is -7.45. The number of aryl methyl sites for hydroxylation is 2. The van der Waals surface area contributed by atoms with Crippen LogP contribution in [0.3, 0.4) is 0 Å². The summed E-state index contributed by atoms with van der Waals surface area (Å²) in [5.74, 6) is 5.02. The molecule has 372 valence electrons. The Kier molecular flexibility index (Phi) is 19.1. The number of amidine groups is 1. The van der Waals surface area contributed by atoms with Crippen LogP contribution < -0.4 is 30.4 Å². The molecule has 0 aliphatic heterocycles. The normalized spacial score (nSPS) is 11.5. The van der Waals surface area contributed by atoms with Crippen LogP contribution in [0, 0.1) is 13.8 Å². The van der Waals surface area contributed by atoms with E-state index in [4.69, 9.17) is 58.2 Å². The van der Waals surface area contributed by atoms with E-state index >= 15 is 0 Å². The smallest absolute Gasteiger partial charge is 0.439 e. The average Bonchev–Trinajstić information content (AvgIpc) is 4.13. The van der Waals surface area contributed by atoms with Crippen LogP contribution in [0.1, 0.15) is 53.4 Å². The molecule has 0 atom stereocenters. The number of hydrogen-bond acceptors (Lipinski definition) is 17. The van der Waals surface area contributed by atoms with Gasteiger partial charge in [-0.05, 0) is 123 Å². The molecule has 0 amide bonds. The fourth-order valence-corrected chi connectivity index (χ4v) is 7.22. The number of aromatic nitrogens is 4. The zero-order chi connectivity index (χ0) is 50.0. The molecule has 4 N–H and O–H groups in total. The second kappa shape index (κ2) is 25.8. The van der Waals surface area contributed by atoms with E-state index in [-0.39, 0.29) is 19.0 Å². The topological polar surface area (TPSA) is 231 Å². The first kappa shape index (κ1) is 51.9. The summed E-state index contributed by atoms with van der Waals surface area (Å²) in [7, 11) is 6.65. The Morgan fingerprint density at radius 1 is 0.686 bits per heavy atom. The molecule has 3 aromatic heterocycles. The number of likely N-dealkylation sites (N-methyl/N-ethyl adjacent to an activating group) is 2. The van der Waals surface area contributed by atoms with Crippen LogP contribution >= 0.6 is 0 Å². The van der Waals surface area contributed by atoms with Crippen molar-refractivity contribution < 1.29 is 47.0 Å². The molecule has 0 spiro atoms. The number of H-pyrrole nitrogens is 1. The van der Waals surface area contributed by atoms with Crippen molar-refractivity contribution in [1.29, 1.82) is 0 Å². The van der Waals surface area contributed by atoms with Gasteiger partial charge in [-0.15, -0.1) is 0 Å². The molecular formula is C51H62N8O11. The molecule has 3 heterocycles. The Labute approximate surface area is 406 Å². The maximum absolute atomic E-state index is 11.3. The van der Waals surface area contributed by atoms with Gasteiger partial charge in [0.2, 0.25) is 11.8 Å². The molecule has 7 aromatic rings. The standard InChI is InChI=1S/C26H30N4O6.C25H32N4O5/c1-5-30(12-13-32-3)15-22-23(35-25(27-22)18-6-8-19(33-4)9-7-18)16-34-20-10-11-21(17(2)14-20)24-28-26(31)36-29-24;1-5-29(12-13-31-3)15-22-23(34-25(27-22)18-6-8-19(32-4)9-7-18)16-33-20-10-11-21(17(2)14-20)24(26)28-30/h6-11,14H,5,12-13,15-16H2,1-4H3,(H,28,29,31);6-11,14,30H,5,12-13,15-16H2,1-4H3,(H2,26,28). The van der Waals surface area contributed by atoms with Crippen molar-refractivity contribution in [2.24, 2.45) is 10.9 Å². The van der Waals surface area contributed by atoms with Gasteiger partial charge in [-0.1, -0.05) is 24.2 Å². The van der Waals surface area contributed by atoms with Gasteiger partial charge in [-0.2, -0.15) is 0 Å². The molecule has 19 heteroatoms. The first-order valence-electron chi connectivity index (χ1n) is 22.7. The van der Waals surface area contributed by atoms with Crippen LogP contribution in [0.5, 0.6) is 23.0 Å². The van der Waals surface area contributed by atoms with E-state index in [1.807, 2.05) is 86.6 Å². The van der Waals surface area contributed by atoms with E-state index in [0.29, 0.717) is 72.5 Å². The van der Waals surface area contributed by atoms with Crippen molar-refractivity contribution in [2.75, 3.05) is 67.8 Å². The second-order valence-corrected chi connectivity index (χ2v) is 15.9. The first-order chi connectivity index (χ1) is 34.0. The summed E-state index contributed by atoms with van der Waals surface area (Å²) in [5, 5.41) is 15.7. The van der Waals surface area contributed by atoms with Crippen LogP contribution in [-0.2, 0) is 35.8 Å². The van der Waals surface area contributed by atoms with Gasteiger partial charge in [0.25, 0.3) is 0 Å². The van der Waals surface area contributed by atoms with E-state index in [9.17, 15) is 4.79 Å². The average molecular weight is 963 g/mol. The molecule has 70 heavy (non-hydrogen) atoms. The predicted molar refractivity (Wildman–Crippen MR) is 262 cm³/mol. The molecular weight excluding hydrogens is 901 g/mol. The lowest BCUT2D eigenvalue weighted by molar-refractivity contribution is 0.146. The van der Waals surface area contributed by atoms with E-state index in [1.54, 1.807) is 40.6 Å². The minimum absolute atomic E-state index is 0.0569. The lowest BCUT2D eigenvalue weighted by atomic mass is 10.1. The highest BCUT2D eigenvalue weighted by molar-refractivity contribution is 5.98. The number of aromatic amines is 1. The van der Waals surface area contributed by atoms with Crippen LogP contribution in [0.25, 0.3) is 34.3 Å². The van der Waals surface area contributed by atoms with Gasteiger partial charge in [0, 0.05) is 62.7 Å². The minimum Gasteiger partial charge on any atom is -0.497 e. The third-order valence-corrected chi connectivity index (χ3v) is 11.3. The van der Waals surface area contributed by atoms with Crippen LogP contribution in [0.4, 0.5) is 0 Å². The SMILES string of the molecule is CCN(CCOC)Cc1nc(-c2ccc(OC)cc2)oc1COc1ccc(-c2noc(=O)[nH]2)c(C)c1.CCN(CCOC)Cc1nc(-c2ccc(OC)cc2)oc1COc1ccc(C(N)=NO)c(C)c1. The number of nitrogens with zero attached hydrogens (tertiary/aromatic N) is 6. The Morgan fingerprint density at radius 3 is 1.56 bits per heavy atom. The fraction of sp³-hybridized carbons (Fsp3) is 0.353. The van der Waals surface area contributed by atoms with Gasteiger partial charge in [-0.3, -0.25) is 19.3 Å². The van der Waals surface area contributed by atoms with E-state index in [2.05, 4.69) is 43.5 Å². The summed E-state index contributed by atoms with van der Waals surface area (Å²) in [4.78, 5) is 27.9. The number of oxime groups is 1.